The van der Waals surface area contributed by atoms with Crippen LogP contribution in [0.5, 0.6) is 0 Å². The van der Waals surface area contributed by atoms with Gasteiger partial charge in [-0.15, -0.1) is 4.40 Å². The molecule has 0 aliphatic carbocycles. The van der Waals surface area contributed by atoms with Crippen molar-refractivity contribution in [2.45, 2.75) is 13.5 Å². The van der Waals surface area contributed by atoms with Crippen molar-refractivity contribution in [3.8, 4) is 0 Å². The summed E-state index contributed by atoms with van der Waals surface area (Å²) in [5, 5.41) is 3.05. The van der Waals surface area contributed by atoms with Gasteiger partial charge in [-0.2, -0.15) is 0 Å². The number of fused-ring (bicyclic) bond motifs is 2. The highest BCUT2D eigenvalue weighted by Crippen LogP contribution is 2.23. The number of nitrogens with one attached hydrogen (secondary N) is 1. The van der Waals surface area contributed by atoms with Crippen LogP contribution in [0.4, 0.5) is 10.5 Å². The van der Waals surface area contributed by atoms with E-state index in [1.54, 1.807) is 24.0 Å². The number of hydrogen-bond donors (Lipinski definition) is 1. The van der Waals surface area contributed by atoms with Crippen LogP contribution < -0.4 is 10.9 Å². The van der Waals surface area contributed by atoms with E-state index in [1.807, 2.05) is 0 Å². The maximum absolute atomic E-state index is 12.5. The highest BCUT2D eigenvalue weighted by molar-refractivity contribution is 7.90. The molecule has 1 amide bonds. The van der Waals surface area contributed by atoms with Crippen LogP contribution in [0.3, 0.4) is 0 Å². The molecule has 1 aromatic heterocycles. The van der Waals surface area contributed by atoms with Crippen LogP contribution in [-0.4, -0.2) is 50.1 Å². The van der Waals surface area contributed by atoms with Gasteiger partial charge in [-0.1, -0.05) is 0 Å². The van der Waals surface area contributed by atoms with E-state index in [4.69, 9.17) is 13.9 Å². The molecule has 0 bridgehead atoms. The fourth-order valence-electron chi connectivity index (χ4n) is 3.26. The predicted octanol–water partition coefficient (Wildman–Crippen LogP) is 1.90. The van der Waals surface area contributed by atoms with Crippen LogP contribution in [-0.2, 0) is 30.9 Å². The zero-order chi connectivity index (χ0) is 23.6. The number of amides is 1. The zero-order valence-corrected chi connectivity index (χ0v) is 18.3. The van der Waals surface area contributed by atoms with Gasteiger partial charge in [0.25, 0.3) is 10.0 Å². The molecule has 4 rings (SSSR count). The number of carbonyl (C=O) groups excluding carboxylic acids is 2. The summed E-state index contributed by atoms with van der Waals surface area (Å²) in [6.45, 7) is 1.86. The smallest absolute Gasteiger partial charge is 0.411 e. The molecule has 2 aromatic rings. The lowest BCUT2D eigenvalue weighted by Gasteiger charge is -2.26. The minimum Gasteiger partial charge on any atom is -0.457 e. The maximum atomic E-state index is 12.5. The third-order valence-electron chi connectivity index (χ3n) is 4.77. The summed E-state index contributed by atoms with van der Waals surface area (Å²) >= 11 is 0. The Bertz CT molecular complexity index is 1390. The number of benzene rings is 1. The quantitative estimate of drug-likeness (QED) is 0.508. The van der Waals surface area contributed by atoms with E-state index in [9.17, 15) is 22.8 Å². The second-order valence-corrected chi connectivity index (χ2v) is 8.82. The van der Waals surface area contributed by atoms with Crippen LogP contribution in [0, 0.1) is 0 Å². The molecule has 0 unspecified atom stereocenters. The van der Waals surface area contributed by atoms with Crippen LogP contribution in [0.15, 0.2) is 61.8 Å². The minimum absolute atomic E-state index is 0.151. The van der Waals surface area contributed by atoms with E-state index in [1.165, 1.54) is 30.5 Å². The first-order valence-corrected chi connectivity index (χ1v) is 11.5. The second kappa shape index (κ2) is 8.90. The Balaban J connectivity index is 1.50. The molecule has 0 atom stereocenters. The van der Waals surface area contributed by atoms with Crippen LogP contribution in [0.1, 0.15) is 12.5 Å². The third kappa shape index (κ3) is 5.12. The molecule has 0 fully saturated rings. The van der Waals surface area contributed by atoms with Crippen molar-refractivity contribution in [3.05, 3.63) is 64.2 Å². The Morgan fingerprint density at radius 3 is 2.82 bits per heavy atom. The number of anilines is 1. The highest BCUT2D eigenvalue weighted by Gasteiger charge is 2.25. The molecule has 33 heavy (non-hydrogen) atoms. The van der Waals surface area contributed by atoms with E-state index in [2.05, 4.69) is 9.71 Å². The van der Waals surface area contributed by atoms with Crippen LogP contribution in [0.25, 0.3) is 11.0 Å². The molecular formula is C21H19N3O8S. The molecule has 1 N–H and O–H groups in total. The average Bonchev–Trinajstić information content (AvgIpc) is 2.76. The van der Waals surface area contributed by atoms with Gasteiger partial charge in [-0.3, -0.25) is 5.32 Å². The van der Waals surface area contributed by atoms with E-state index in [0.29, 0.717) is 16.6 Å². The van der Waals surface area contributed by atoms with Crippen LogP contribution in [0.2, 0.25) is 0 Å². The van der Waals surface area contributed by atoms with E-state index in [-0.39, 0.29) is 42.5 Å². The third-order valence-corrected chi connectivity index (χ3v) is 5.93. The fourth-order valence-corrected chi connectivity index (χ4v) is 4.23. The standard InChI is InChI=1S/C21H19N3O8S/c1-2-30-21(27)22-15-4-5-16-14(9-19(25)32-17(16)10-15)12-31-20(26)13-3-6-18-23-33(28,29)8-7-24(18)11-13/h3-6,9-11H,2,7-8,12H2,1H3,(H,22,27). The Labute approximate surface area is 188 Å². The minimum atomic E-state index is -3.49. The van der Waals surface area contributed by atoms with Gasteiger partial charge in [0.2, 0.25) is 0 Å². The van der Waals surface area contributed by atoms with Crippen molar-refractivity contribution < 1.29 is 31.9 Å². The largest absolute Gasteiger partial charge is 0.457 e. The molecule has 0 saturated heterocycles. The summed E-state index contributed by atoms with van der Waals surface area (Å²) in [7, 11) is -3.49. The van der Waals surface area contributed by atoms with E-state index >= 15 is 0 Å². The normalized spacial score (nSPS) is 16.5. The van der Waals surface area contributed by atoms with Gasteiger partial charge in [0.15, 0.2) is 0 Å². The van der Waals surface area contributed by atoms with Crippen molar-refractivity contribution in [3.63, 3.8) is 0 Å². The number of hydrogen-bond acceptors (Lipinski definition) is 9. The summed E-state index contributed by atoms with van der Waals surface area (Å²) in [5.41, 5.74) is 0.561. The van der Waals surface area contributed by atoms with Crippen molar-refractivity contribution in [1.29, 1.82) is 0 Å². The summed E-state index contributed by atoms with van der Waals surface area (Å²) < 4.78 is 42.2. The molecule has 2 aliphatic rings. The molecule has 12 heteroatoms. The van der Waals surface area contributed by atoms with Gasteiger partial charge in [0.05, 0.1) is 17.9 Å². The molecule has 172 valence electrons. The number of rotatable bonds is 5. The lowest BCUT2D eigenvalue weighted by molar-refractivity contribution is -0.139. The average molecular weight is 473 g/mol. The molecular weight excluding hydrogens is 454 g/mol. The van der Waals surface area contributed by atoms with Gasteiger partial charge in [0.1, 0.15) is 18.0 Å². The molecule has 2 aliphatic heterocycles. The lowest BCUT2D eigenvalue weighted by atomic mass is 10.1. The highest BCUT2D eigenvalue weighted by atomic mass is 32.2. The zero-order valence-electron chi connectivity index (χ0n) is 17.4. The number of amidine groups is 1. The number of esters is 1. The summed E-state index contributed by atoms with van der Waals surface area (Å²) in [4.78, 5) is 37.7. The molecule has 0 radical (unpaired) electrons. The number of nitrogens with zero attached hydrogens (tertiary/aromatic N) is 2. The van der Waals surface area contributed by atoms with Gasteiger partial charge in [-0.25, -0.2) is 22.8 Å². The maximum Gasteiger partial charge on any atom is 0.411 e. The van der Waals surface area contributed by atoms with Crippen LogP contribution >= 0.6 is 0 Å². The Morgan fingerprint density at radius 2 is 2.03 bits per heavy atom. The lowest BCUT2D eigenvalue weighted by Crippen LogP contribution is -2.37. The second-order valence-electron chi connectivity index (χ2n) is 7.07. The summed E-state index contributed by atoms with van der Waals surface area (Å²) in [6.07, 6.45) is 3.68. The monoisotopic (exact) mass is 473 g/mol. The van der Waals surface area contributed by atoms with E-state index < -0.39 is 27.7 Å². The predicted molar refractivity (Wildman–Crippen MR) is 118 cm³/mol. The van der Waals surface area contributed by atoms with Crippen molar-refractivity contribution in [2.75, 3.05) is 24.2 Å². The first-order chi connectivity index (χ1) is 15.7. The van der Waals surface area contributed by atoms with Crippen molar-refractivity contribution >= 4 is 44.6 Å². The summed E-state index contributed by atoms with van der Waals surface area (Å²) in [5.74, 6) is -0.570. The Kier molecular flexibility index (Phi) is 6.01. The molecule has 0 saturated carbocycles. The van der Waals surface area contributed by atoms with Gasteiger partial charge >= 0.3 is 17.7 Å². The Morgan fingerprint density at radius 1 is 1.21 bits per heavy atom. The van der Waals surface area contributed by atoms with Gasteiger partial charge in [0, 0.05) is 41.5 Å². The first kappa shape index (κ1) is 22.3. The topological polar surface area (TPSA) is 145 Å². The molecule has 11 nitrogen and oxygen atoms in total. The molecule has 1 aromatic carbocycles. The fraction of sp³-hybridized carbons (Fsp3) is 0.238. The van der Waals surface area contributed by atoms with E-state index in [0.717, 1.165) is 0 Å². The van der Waals surface area contributed by atoms with Crippen molar-refractivity contribution in [2.24, 2.45) is 4.40 Å². The van der Waals surface area contributed by atoms with Gasteiger partial charge < -0.3 is 18.8 Å². The van der Waals surface area contributed by atoms with Gasteiger partial charge in [-0.05, 0) is 31.2 Å². The first-order valence-electron chi connectivity index (χ1n) is 9.91. The summed E-state index contributed by atoms with van der Waals surface area (Å²) in [6, 6.07) is 5.91. The SMILES string of the molecule is CCOC(=O)Nc1ccc2c(COC(=O)C3=CN4CCS(=O)(=O)N=C4C=C3)cc(=O)oc2c1. The Hall–Kier alpha value is -3.93. The molecule has 3 heterocycles. The number of ether oxygens (including phenoxy) is 2. The number of sulfonamides is 1. The number of carbonyl (C=O) groups is 2. The van der Waals surface area contributed by atoms with Crippen molar-refractivity contribution in [1.82, 2.24) is 4.90 Å². The molecule has 0 spiro atoms.